The molecule has 3 rings (SSSR count). The molecule has 1 saturated heterocycles. The fourth-order valence-corrected chi connectivity index (χ4v) is 5.77. The molecule has 6 nitrogen and oxygen atoms in total. The summed E-state index contributed by atoms with van der Waals surface area (Å²) in [5.74, 6) is 0.780. The largest absolute Gasteiger partial charge is 0.299 e. The first-order chi connectivity index (χ1) is 11.5. The maximum Gasteiger partial charge on any atom is 0.259 e. The zero-order valence-electron chi connectivity index (χ0n) is 14.2. The van der Waals surface area contributed by atoms with Gasteiger partial charge in [-0.1, -0.05) is 30.9 Å². The highest BCUT2D eigenvalue weighted by atomic mass is 35.5. The van der Waals surface area contributed by atoms with Crippen molar-refractivity contribution in [3.05, 3.63) is 11.2 Å². The van der Waals surface area contributed by atoms with Gasteiger partial charge in [0.15, 0.2) is 5.03 Å². The van der Waals surface area contributed by atoms with Gasteiger partial charge in [0.2, 0.25) is 0 Å². The van der Waals surface area contributed by atoms with Crippen molar-refractivity contribution in [3.63, 3.8) is 0 Å². The van der Waals surface area contributed by atoms with E-state index in [9.17, 15) is 8.42 Å². The second kappa shape index (κ2) is 7.72. The first-order valence-electron chi connectivity index (χ1n) is 8.88. The van der Waals surface area contributed by atoms with E-state index in [2.05, 4.69) is 14.7 Å². The highest BCUT2D eigenvalue weighted by Gasteiger charge is 2.30. The Balaban J connectivity index is 1.58. The van der Waals surface area contributed by atoms with Crippen LogP contribution in [0.25, 0.3) is 0 Å². The van der Waals surface area contributed by atoms with Gasteiger partial charge in [-0.05, 0) is 38.1 Å². The Kier molecular flexibility index (Phi) is 5.85. The summed E-state index contributed by atoms with van der Waals surface area (Å²) < 4.78 is 29.1. The summed E-state index contributed by atoms with van der Waals surface area (Å²) in [5, 5.41) is 4.11. The third-order valence-corrected chi connectivity index (χ3v) is 7.25. The lowest BCUT2D eigenvalue weighted by Gasteiger charge is -2.31. The number of halogens is 1. The van der Waals surface area contributed by atoms with Crippen molar-refractivity contribution in [3.8, 4) is 0 Å². The number of nitrogens with zero attached hydrogens (tertiary/aromatic N) is 3. The molecule has 1 atom stereocenters. The number of aromatic nitrogens is 2. The molecule has 24 heavy (non-hydrogen) atoms. The molecule has 0 spiro atoms. The van der Waals surface area contributed by atoms with Crippen LogP contribution in [0.4, 0.5) is 0 Å². The lowest BCUT2D eigenvalue weighted by Crippen LogP contribution is -2.42. The van der Waals surface area contributed by atoms with Crippen LogP contribution in [-0.2, 0) is 17.1 Å². The van der Waals surface area contributed by atoms with Crippen LogP contribution in [-0.4, -0.2) is 48.8 Å². The highest BCUT2D eigenvalue weighted by molar-refractivity contribution is 7.89. The number of hydrogen-bond donors (Lipinski definition) is 1. The lowest BCUT2D eigenvalue weighted by atomic mass is 9.89. The van der Waals surface area contributed by atoms with E-state index in [1.165, 1.54) is 43.0 Å². The molecule has 1 aliphatic heterocycles. The van der Waals surface area contributed by atoms with Crippen molar-refractivity contribution >= 4 is 21.6 Å². The van der Waals surface area contributed by atoms with Crippen LogP contribution in [0.15, 0.2) is 11.2 Å². The Morgan fingerprint density at radius 1 is 1.25 bits per heavy atom. The Morgan fingerprint density at radius 2 is 2.00 bits per heavy atom. The summed E-state index contributed by atoms with van der Waals surface area (Å²) in [4.78, 5) is 2.48. The van der Waals surface area contributed by atoms with Gasteiger partial charge in [0, 0.05) is 26.2 Å². The molecule has 0 radical (unpaired) electrons. The molecule has 1 N–H and O–H groups in total. The zero-order valence-corrected chi connectivity index (χ0v) is 15.8. The van der Waals surface area contributed by atoms with Crippen molar-refractivity contribution in [1.29, 1.82) is 0 Å². The number of hydrogen-bond acceptors (Lipinski definition) is 4. The van der Waals surface area contributed by atoms with Crippen LogP contribution in [0, 0.1) is 5.92 Å². The predicted molar refractivity (Wildman–Crippen MR) is 94.6 cm³/mol. The quantitative estimate of drug-likeness (QED) is 0.830. The van der Waals surface area contributed by atoms with Gasteiger partial charge < -0.3 is 0 Å². The maximum atomic E-state index is 12.5. The first-order valence-corrected chi connectivity index (χ1v) is 10.7. The van der Waals surface area contributed by atoms with Crippen molar-refractivity contribution in [2.24, 2.45) is 13.0 Å². The first kappa shape index (κ1) is 18.2. The summed E-state index contributed by atoms with van der Waals surface area (Å²) in [6.45, 7) is 2.63. The highest BCUT2D eigenvalue weighted by Crippen LogP contribution is 2.27. The molecular weight excluding hydrogens is 348 g/mol. The van der Waals surface area contributed by atoms with Gasteiger partial charge in [0.1, 0.15) is 0 Å². The third-order valence-electron chi connectivity index (χ3n) is 5.32. The van der Waals surface area contributed by atoms with E-state index in [1.807, 2.05) is 0 Å². The van der Waals surface area contributed by atoms with Gasteiger partial charge in [-0.3, -0.25) is 9.58 Å². The molecule has 1 aromatic heterocycles. The Morgan fingerprint density at radius 3 is 2.67 bits per heavy atom. The Labute approximate surface area is 149 Å². The molecule has 1 saturated carbocycles. The van der Waals surface area contributed by atoms with Gasteiger partial charge in [0.05, 0.1) is 11.2 Å². The standard InChI is InChI=1S/C16H27ClN4O2S/c1-20-16(15(17)11-18-20)24(22,23)19-10-14-8-5-9-21(14)12-13-6-3-2-4-7-13/h11,13-14,19H,2-10,12H2,1H3. The minimum absolute atomic E-state index is 0.0426. The number of likely N-dealkylation sites (tertiary alicyclic amines) is 1. The van der Waals surface area contributed by atoms with Crippen LogP contribution in [0.1, 0.15) is 44.9 Å². The van der Waals surface area contributed by atoms with E-state index < -0.39 is 10.0 Å². The summed E-state index contributed by atoms with van der Waals surface area (Å²) in [7, 11) is -2.04. The summed E-state index contributed by atoms with van der Waals surface area (Å²) in [6, 6.07) is 0.286. The molecule has 1 aromatic rings. The molecule has 8 heteroatoms. The Hall–Kier alpha value is -0.630. The van der Waals surface area contributed by atoms with E-state index >= 15 is 0 Å². The third kappa shape index (κ3) is 4.12. The lowest BCUT2D eigenvalue weighted by molar-refractivity contribution is 0.188. The number of nitrogens with one attached hydrogen (secondary N) is 1. The minimum Gasteiger partial charge on any atom is -0.299 e. The average Bonchev–Trinajstić information content (AvgIpc) is 3.13. The predicted octanol–water partition coefficient (Wildman–Crippen LogP) is 2.40. The topological polar surface area (TPSA) is 67.2 Å². The fourth-order valence-electron chi connectivity index (χ4n) is 4.04. The van der Waals surface area contributed by atoms with Crippen molar-refractivity contribution in [2.75, 3.05) is 19.6 Å². The van der Waals surface area contributed by atoms with Crippen LogP contribution < -0.4 is 4.72 Å². The molecule has 1 aliphatic carbocycles. The van der Waals surface area contributed by atoms with Crippen LogP contribution in [0.3, 0.4) is 0 Å². The monoisotopic (exact) mass is 374 g/mol. The zero-order chi connectivity index (χ0) is 17.2. The average molecular weight is 375 g/mol. The number of sulfonamides is 1. The number of aryl methyl sites for hydroxylation is 1. The summed E-state index contributed by atoms with van der Waals surface area (Å²) in [5.41, 5.74) is 0. The van der Waals surface area contributed by atoms with Gasteiger partial charge >= 0.3 is 0 Å². The molecule has 0 aromatic carbocycles. The molecule has 2 aliphatic rings. The van der Waals surface area contributed by atoms with E-state index in [4.69, 9.17) is 11.6 Å². The summed E-state index contributed by atoms with van der Waals surface area (Å²) in [6.07, 6.45) is 10.2. The van der Waals surface area contributed by atoms with E-state index in [1.54, 1.807) is 7.05 Å². The van der Waals surface area contributed by atoms with Gasteiger partial charge in [-0.2, -0.15) is 5.10 Å². The molecule has 0 bridgehead atoms. The van der Waals surface area contributed by atoms with Crippen LogP contribution in [0.2, 0.25) is 5.02 Å². The smallest absolute Gasteiger partial charge is 0.259 e. The van der Waals surface area contributed by atoms with Gasteiger partial charge in [0.25, 0.3) is 10.0 Å². The Bertz CT molecular complexity index is 636. The SMILES string of the molecule is Cn1ncc(Cl)c1S(=O)(=O)NCC1CCCN1CC1CCCCC1. The van der Waals surface area contributed by atoms with Gasteiger partial charge in [-0.25, -0.2) is 13.1 Å². The second-order valence-corrected chi connectivity index (χ2v) is 9.16. The van der Waals surface area contributed by atoms with Crippen molar-refractivity contribution < 1.29 is 8.42 Å². The molecule has 1 unspecified atom stereocenters. The number of rotatable bonds is 6. The second-order valence-electron chi connectivity index (χ2n) is 7.07. The molecular formula is C16H27ClN4O2S. The normalized spacial score (nSPS) is 23.8. The van der Waals surface area contributed by atoms with E-state index in [0.717, 1.165) is 31.8 Å². The maximum absolute atomic E-state index is 12.5. The molecule has 2 heterocycles. The minimum atomic E-state index is -3.63. The van der Waals surface area contributed by atoms with E-state index in [-0.39, 0.29) is 16.1 Å². The van der Waals surface area contributed by atoms with Crippen LogP contribution in [0.5, 0.6) is 0 Å². The molecule has 136 valence electrons. The van der Waals surface area contributed by atoms with Crippen LogP contribution >= 0.6 is 11.6 Å². The fraction of sp³-hybridized carbons (Fsp3) is 0.812. The molecule has 0 amide bonds. The van der Waals surface area contributed by atoms with Gasteiger partial charge in [-0.15, -0.1) is 0 Å². The van der Waals surface area contributed by atoms with Crippen molar-refractivity contribution in [2.45, 2.75) is 56.0 Å². The summed E-state index contributed by atoms with van der Waals surface area (Å²) >= 11 is 5.97. The van der Waals surface area contributed by atoms with E-state index in [0.29, 0.717) is 6.54 Å². The molecule has 2 fully saturated rings. The van der Waals surface area contributed by atoms with Crippen molar-refractivity contribution in [1.82, 2.24) is 19.4 Å².